The zero-order valence-electron chi connectivity index (χ0n) is 15.0. The lowest BCUT2D eigenvalue weighted by Gasteiger charge is -2.11. The molecule has 1 heterocycles. The van der Waals surface area contributed by atoms with E-state index in [9.17, 15) is 14.0 Å². The molecule has 8 heteroatoms. The lowest BCUT2D eigenvalue weighted by Crippen LogP contribution is -2.15. The summed E-state index contributed by atoms with van der Waals surface area (Å²) in [6, 6.07) is 14.0. The second-order valence-corrected chi connectivity index (χ2v) is 5.61. The van der Waals surface area contributed by atoms with Gasteiger partial charge in [-0.05, 0) is 31.2 Å². The fourth-order valence-corrected chi connectivity index (χ4v) is 2.42. The first kappa shape index (κ1) is 19.0. The Kier molecular flexibility index (Phi) is 5.91. The summed E-state index contributed by atoms with van der Waals surface area (Å²) < 4.78 is 18.7. The number of amides is 1. The van der Waals surface area contributed by atoms with Gasteiger partial charge in [-0.1, -0.05) is 24.3 Å². The third kappa shape index (κ3) is 4.47. The molecule has 0 aliphatic rings. The highest BCUT2D eigenvalue weighted by atomic mass is 19.1. The van der Waals surface area contributed by atoms with Crippen molar-refractivity contribution in [3.8, 4) is 0 Å². The average molecular weight is 380 g/mol. The number of hydrogen-bond acceptors (Lipinski definition) is 6. The zero-order valence-corrected chi connectivity index (χ0v) is 15.0. The van der Waals surface area contributed by atoms with Crippen molar-refractivity contribution < 1.29 is 18.7 Å². The number of hydrogen-bond donors (Lipinski definition) is 2. The molecule has 2 N–H and O–H groups in total. The van der Waals surface area contributed by atoms with E-state index in [4.69, 9.17) is 4.74 Å². The largest absolute Gasteiger partial charge is 0.462 e. The third-order valence-corrected chi connectivity index (χ3v) is 3.71. The Hall–Kier alpha value is -3.81. The molecule has 7 nitrogen and oxygen atoms in total. The molecule has 0 unspecified atom stereocenters. The second kappa shape index (κ2) is 8.72. The first-order chi connectivity index (χ1) is 13.6. The lowest BCUT2D eigenvalue weighted by molar-refractivity contribution is 0.0527. The van der Waals surface area contributed by atoms with Crippen LogP contribution in [0.25, 0.3) is 0 Å². The van der Waals surface area contributed by atoms with Gasteiger partial charge in [-0.2, -0.15) is 0 Å². The Morgan fingerprint density at radius 3 is 2.50 bits per heavy atom. The molecule has 0 aliphatic heterocycles. The molecule has 2 aromatic carbocycles. The normalized spacial score (nSPS) is 10.2. The molecule has 0 atom stereocenters. The summed E-state index contributed by atoms with van der Waals surface area (Å²) in [7, 11) is 0. The predicted octanol–water partition coefficient (Wildman–Crippen LogP) is 3.79. The number of esters is 1. The van der Waals surface area contributed by atoms with E-state index in [0.717, 1.165) is 0 Å². The summed E-state index contributed by atoms with van der Waals surface area (Å²) in [5, 5.41) is 5.43. The molecule has 0 aliphatic carbocycles. The molecule has 1 amide bonds. The van der Waals surface area contributed by atoms with E-state index in [1.165, 1.54) is 30.6 Å². The number of benzene rings is 2. The lowest BCUT2D eigenvalue weighted by atomic mass is 10.2. The standard InChI is InChI=1S/C20H17FN4O3/c1-2-28-20(27)13-7-3-5-9-15(13)24-18-11-17(22-12-23-18)19(26)25-16-10-6-4-8-14(16)21/h3-12H,2H2,1H3,(H,25,26)(H,22,23,24). The Morgan fingerprint density at radius 2 is 1.75 bits per heavy atom. The SMILES string of the molecule is CCOC(=O)c1ccccc1Nc1cc(C(=O)Nc2ccccc2F)ncn1. The molecule has 28 heavy (non-hydrogen) atoms. The van der Waals surface area contributed by atoms with Gasteiger partial charge < -0.3 is 15.4 Å². The first-order valence-corrected chi connectivity index (χ1v) is 8.49. The van der Waals surface area contributed by atoms with Crippen molar-refractivity contribution >= 4 is 29.1 Å². The molecule has 142 valence electrons. The van der Waals surface area contributed by atoms with Crippen LogP contribution >= 0.6 is 0 Å². The van der Waals surface area contributed by atoms with Crippen molar-refractivity contribution in [2.75, 3.05) is 17.2 Å². The van der Waals surface area contributed by atoms with Gasteiger partial charge in [0.1, 0.15) is 23.7 Å². The average Bonchev–Trinajstić information content (AvgIpc) is 2.70. The molecule has 0 saturated carbocycles. The summed E-state index contributed by atoms with van der Waals surface area (Å²) >= 11 is 0. The van der Waals surface area contributed by atoms with Crippen LogP contribution in [0.5, 0.6) is 0 Å². The van der Waals surface area contributed by atoms with Crippen molar-refractivity contribution in [3.63, 3.8) is 0 Å². The number of nitrogens with zero attached hydrogens (tertiary/aromatic N) is 2. The maximum atomic E-state index is 13.7. The number of carbonyl (C=O) groups excluding carboxylic acids is 2. The molecule has 0 radical (unpaired) electrons. The number of anilines is 3. The predicted molar refractivity (Wildman–Crippen MR) is 102 cm³/mol. The van der Waals surface area contributed by atoms with Crippen LogP contribution in [-0.2, 0) is 4.74 Å². The van der Waals surface area contributed by atoms with Crippen LogP contribution in [0.1, 0.15) is 27.8 Å². The van der Waals surface area contributed by atoms with Crippen LogP contribution in [0.4, 0.5) is 21.6 Å². The minimum absolute atomic E-state index is 0.0365. The zero-order chi connectivity index (χ0) is 19.9. The molecular formula is C20H17FN4O3. The van der Waals surface area contributed by atoms with Gasteiger partial charge in [0, 0.05) is 6.07 Å². The quantitative estimate of drug-likeness (QED) is 0.632. The van der Waals surface area contributed by atoms with Gasteiger partial charge in [0.05, 0.1) is 23.5 Å². The number of halogens is 1. The first-order valence-electron chi connectivity index (χ1n) is 8.49. The van der Waals surface area contributed by atoms with E-state index in [1.807, 2.05) is 0 Å². The van der Waals surface area contributed by atoms with Gasteiger partial charge in [0.25, 0.3) is 5.91 Å². The van der Waals surface area contributed by atoms with Crippen molar-refractivity contribution in [1.29, 1.82) is 0 Å². The summed E-state index contributed by atoms with van der Waals surface area (Å²) in [5.74, 6) is -1.32. The molecule has 1 aromatic heterocycles. The fraction of sp³-hybridized carbons (Fsp3) is 0.100. The number of carbonyl (C=O) groups is 2. The van der Waals surface area contributed by atoms with Crippen molar-refractivity contribution in [1.82, 2.24) is 9.97 Å². The van der Waals surface area contributed by atoms with Crippen LogP contribution in [0.2, 0.25) is 0 Å². The van der Waals surface area contributed by atoms with E-state index in [-0.39, 0.29) is 18.0 Å². The van der Waals surface area contributed by atoms with Crippen LogP contribution in [0, 0.1) is 5.82 Å². The Labute approximate surface area is 160 Å². The van der Waals surface area contributed by atoms with Gasteiger partial charge in [-0.25, -0.2) is 19.2 Å². The van der Waals surface area contributed by atoms with Crippen LogP contribution in [-0.4, -0.2) is 28.5 Å². The molecule has 0 saturated heterocycles. The second-order valence-electron chi connectivity index (χ2n) is 5.61. The summed E-state index contributed by atoms with van der Waals surface area (Å²) in [6.45, 7) is 1.97. The molecule has 0 fully saturated rings. The molecule has 0 bridgehead atoms. The van der Waals surface area contributed by atoms with E-state index >= 15 is 0 Å². The maximum Gasteiger partial charge on any atom is 0.340 e. The highest BCUT2D eigenvalue weighted by molar-refractivity contribution is 6.03. The summed E-state index contributed by atoms with van der Waals surface area (Å²) in [5.41, 5.74) is 0.892. The van der Waals surface area contributed by atoms with Gasteiger partial charge in [-0.15, -0.1) is 0 Å². The minimum Gasteiger partial charge on any atom is -0.462 e. The number of para-hydroxylation sites is 2. The third-order valence-electron chi connectivity index (χ3n) is 3.71. The van der Waals surface area contributed by atoms with Crippen LogP contribution < -0.4 is 10.6 Å². The van der Waals surface area contributed by atoms with Crippen molar-refractivity contribution in [3.05, 3.63) is 78.0 Å². The summed E-state index contributed by atoms with van der Waals surface area (Å²) in [6.07, 6.45) is 1.20. The summed E-state index contributed by atoms with van der Waals surface area (Å²) in [4.78, 5) is 32.4. The van der Waals surface area contributed by atoms with E-state index in [2.05, 4.69) is 20.6 Å². The van der Waals surface area contributed by atoms with Gasteiger partial charge >= 0.3 is 5.97 Å². The smallest absolute Gasteiger partial charge is 0.340 e. The van der Waals surface area contributed by atoms with E-state index < -0.39 is 17.7 Å². The maximum absolute atomic E-state index is 13.7. The molecule has 3 rings (SSSR count). The van der Waals surface area contributed by atoms with Crippen LogP contribution in [0.15, 0.2) is 60.9 Å². The number of ether oxygens (including phenoxy) is 1. The van der Waals surface area contributed by atoms with E-state index in [1.54, 1.807) is 37.3 Å². The number of nitrogens with one attached hydrogen (secondary N) is 2. The monoisotopic (exact) mass is 380 g/mol. The van der Waals surface area contributed by atoms with Crippen molar-refractivity contribution in [2.24, 2.45) is 0 Å². The van der Waals surface area contributed by atoms with Gasteiger partial charge in [0.2, 0.25) is 0 Å². The highest BCUT2D eigenvalue weighted by Gasteiger charge is 2.14. The Morgan fingerprint density at radius 1 is 1.04 bits per heavy atom. The van der Waals surface area contributed by atoms with E-state index in [0.29, 0.717) is 17.1 Å². The topological polar surface area (TPSA) is 93.2 Å². The minimum atomic E-state index is -0.589. The Bertz CT molecular complexity index is 1010. The molecule has 0 spiro atoms. The van der Waals surface area contributed by atoms with Gasteiger partial charge in [-0.3, -0.25) is 4.79 Å². The van der Waals surface area contributed by atoms with Crippen LogP contribution in [0.3, 0.4) is 0 Å². The Balaban J connectivity index is 1.80. The highest BCUT2D eigenvalue weighted by Crippen LogP contribution is 2.21. The van der Waals surface area contributed by atoms with Crippen molar-refractivity contribution in [2.45, 2.75) is 6.92 Å². The fourth-order valence-electron chi connectivity index (χ4n) is 2.42. The number of aromatic nitrogens is 2. The molecule has 3 aromatic rings. The van der Waals surface area contributed by atoms with Gasteiger partial charge in [0.15, 0.2) is 0 Å². The number of rotatable bonds is 6. The molecular weight excluding hydrogens is 363 g/mol.